The molecule has 0 aliphatic carbocycles. The number of hydrogen-bond acceptors (Lipinski definition) is 8. The Kier molecular flexibility index (Phi) is 7.80. The van der Waals surface area contributed by atoms with Gasteiger partial charge in [-0.25, -0.2) is 15.0 Å². The first-order chi connectivity index (χ1) is 16.7. The average molecular weight is 484 g/mol. The van der Waals surface area contributed by atoms with Crippen LogP contribution in [0.3, 0.4) is 0 Å². The molecule has 0 fully saturated rings. The number of rotatable bonds is 8. The van der Waals surface area contributed by atoms with E-state index in [1.165, 1.54) is 12.3 Å². The third-order valence-corrected chi connectivity index (χ3v) is 4.96. The number of nitrogens with zero attached hydrogens (tertiary/aromatic N) is 6. The van der Waals surface area contributed by atoms with Gasteiger partial charge in [0.2, 0.25) is 0 Å². The lowest BCUT2D eigenvalue weighted by Crippen LogP contribution is -2.27. The summed E-state index contributed by atoms with van der Waals surface area (Å²) in [5.41, 5.74) is 3.25. The Bertz CT molecular complexity index is 1250. The van der Waals surface area contributed by atoms with E-state index in [2.05, 4.69) is 30.2 Å². The van der Waals surface area contributed by atoms with Gasteiger partial charge in [0.1, 0.15) is 17.0 Å². The van der Waals surface area contributed by atoms with Gasteiger partial charge in [0.15, 0.2) is 17.3 Å². The molecular formula is C23H23F3N8O. The van der Waals surface area contributed by atoms with Gasteiger partial charge in [0.05, 0.1) is 23.5 Å². The second kappa shape index (κ2) is 10.8. The van der Waals surface area contributed by atoms with Crippen molar-refractivity contribution in [2.24, 2.45) is 0 Å². The first-order valence-corrected chi connectivity index (χ1v) is 10.8. The highest BCUT2D eigenvalue weighted by Crippen LogP contribution is 2.37. The van der Waals surface area contributed by atoms with Crippen molar-refractivity contribution in [3.63, 3.8) is 0 Å². The van der Waals surface area contributed by atoms with Crippen LogP contribution >= 0.6 is 0 Å². The Hall–Kier alpha value is -4.27. The maximum absolute atomic E-state index is 13.7. The Morgan fingerprint density at radius 1 is 1.14 bits per heavy atom. The largest absolute Gasteiger partial charge is 0.419 e. The van der Waals surface area contributed by atoms with E-state index in [9.17, 15) is 18.0 Å². The fraction of sp³-hybridized carbons (Fsp3) is 0.304. The van der Waals surface area contributed by atoms with E-state index in [0.29, 0.717) is 5.69 Å². The number of amides is 1. The van der Waals surface area contributed by atoms with E-state index in [1.807, 2.05) is 19.9 Å². The molecule has 3 aromatic heterocycles. The topological polar surface area (TPSA) is 134 Å². The maximum Gasteiger partial charge on any atom is 0.419 e. The smallest absolute Gasteiger partial charge is 0.382 e. The van der Waals surface area contributed by atoms with Crippen LogP contribution in [0.15, 0.2) is 36.8 Å². The molecule has 3 heterocycles. The zero-order chi connectivity index (χ0) is 25.6. The third-order valence-electron chi connectivity index (χ3n) is 4.96. The number of nitriles is 1. The van der Waals surface area contributed by atoms with Crippen LogP contribution in [0.4, 0.5) is 30.5 Å². The summed E-state index contributed by atoms with van der Waals surface area (Å²) in [4.78, 5) is 31.0. The molecule has 12 heteroatoms. The van der Waals surface area contributed by atoms with Crippen molar-refractivity contribution in [2.75, 3.05) is 29.0 Å². The van der Waals surface area contributed by atoms with Crippen LogP contribution in [-0.2, 0) is 6.18 Å². The minimum Gasteiger partial charge on any atom is -0.382 e. The van der Waals surface area contributed by atoms with Crippen LogP contribution in [0.25, 0.3) is 11.4 Å². The Morgan fingerprint density at radius 2 is 1.86 bits per heavy atom. The van der Waals surface area contributed by atoms with Crippen LogP contribution in [0.1, 0.15) is 48.3 Å². The number of nitrogens with two attached hydrogens (primary N) is 1. The molecule has 3 rings (SSSR count). The van der Waals surface area contributed by atoms with Crippen LogP contribution in [0.2, 0.25) is 0 Å². The number of pyridine rings is 2. The van der Waals surface area contributed by atoms with Crippen LogP contribution < -0.4 is 16.0 Å². The monoisotopic (exact) mass is 484 g/mol. The second-order valence-electron chi connectivity index (χ2n) is 7.49. The highest BCUT2D eigenvalue weighted by atomic mass is 19.4. The van der Waals surface area contributed by atoms with Crippen LogP contribution in [-0.4, -0.2) is 38.9 Å². The van der Waals surface area contributed by atoms with E-state index in [0.717, 1.165) is 44.4 Å². The summed E-state index contributed by atoms with van der Waals surface area (Å²) in [7, 11) is 0. The number of anilines is 3. The first-order valence-electron chi connectivity index (χ1n) is 10.8. The lowest BCUT2D eigenvalue weighted by molar-refractivity contribution is -0.137. The Balaban J connectivity index is 2.02. The second-order valence-corrected chi connectivity index (χ2v) is 7.49. The van der Waals surface area contributed by atoms with Gasteiger partial charge in [-0.1, -0.05) is 13.8 Å². The number of nitrogens with one attached hydrogen (secondary N) is 1. The van der Waals surface area contributed by atoms with E-state index in [4.69, 9.17) is 11.0 Å². The SMILES string of the molecule is CCCN(CCC)c1cccnc1NC(=O)c1nc(-c2nccc(C#N)c2C(F)(F)F)cnc1N. The molecule has 0 bridgehead atoms. The summed E-state index contributed by atoms with van der Waals surface area (Å²) >= 11 is 0. The number of aromatic nitrogens is 4. The van der Waals surface area contributed by atoms with Crippen molar-refractivity contribution < 1.29 is 18.0 Å². The zero-order valence-corrected chi connectivity index (χ0v) is 19.1. The van der Waals surface area contributed by atoms with Crippen molar-refractivity contribution in [3.8, 4) is 17.5 Å². The average Bonchev–Trinajstić information content (AvgIpc) is 2.83. The molecule has 0 spiro atoms. The van der Waals surface area contributed by atoms with Crippen molar-refractivity contribution in [3.05, 3.63) is 53.6 Å². The van der Waals surface area contributed by atoms with Gasteiger partial charge in [0, 0.05) is 25.5 Å². The van der Waals surface area contributed by atoms with Gasteiger partial charge in [0.25, 0.3) is 5.91 Å². The summed E-state index contributed by atoms with van der Waals surface area (Å²) in [6.45, 7) is 5.54. The molecule has 35 heavy (non-hydrogen) atoms. The van der Waals surface area contributed by atoms with E-state index < -0.39 is 34.6 Å². The molecule has 0 saturated heterocycles. The highest BCUT2D eigenvalue weighted by molar-refractivity contribution is 6.06. The summed E-state index contributed by atoms with van der Waals surface area (Å²) < 4.78 is 41.1. The zero-order valence-electron chi connectivity index (χ0n) is 19.1. The van der Waals surface area contributed by atoms with E-state index in [-0.39, 0.29) is 17.3 Å². The molecule has 0 radical (unpaired) electrons. The molecule has 3 N–H and O–H groups in total. The number of hydrogen-bond donors (Lipinski definition) is 2. The standard InChI is InChI=1S/C23H23F3N8O/c1-3-10-34(11-4-2)16-6-5-8-30-21(16)33-22(35)19-20(28)31-13-15(32-19)18-17(23(24,25)26)14(12-27)7-9-29-18/h5-9,13H,3-4,10-11H2,1-2H3,(H2,28,31)(H,30,33,35). The molecule has 0 atom stereocenters. The number of nitrogen functional groups attached to an aromatic ring is 1. The predicted octanol–water partition coefficient (Wildman–Crippen LogP) is 4.28. The maximum atomic E-state index is 13.7. The van der Waals surface area contributed by atoms with Crippen LogP contribution in [0.5, 0.6) is 0 Å². The van der Waals surface area contributed by atoms with Gasteiger partial charge in [-0.3, -0.25) is 9.78 Å². The number of carbonyl (C=O) groups excluding carboxylic acids is 1. The van der Waals surface area contributed by atoms with Crippen molar-refractivity contribution >= 4 is 23.2 Å². The third kappa shape index (κ3) is 5.63. The number of halogens is 3. The molecule has 0 aliphatic rings. The Labute approximate surface area is 199 Å². The van der Waals surface area contributed by atoms with Gasteiger partial charge in [-0.05, 0) is 31.0 Å². The van der Waals surface area contributed by atoms with Gasteiger partial charge >= 0.3 is 6.18 Å². The summed E-state index contributed by atoms with van der Waals surface area (Å²) in [5, 5.41) is 11.8. The molecule has 0 aromatic carbocycles. The van der Waals surface area contributed by atoms with E-state index in [1.54, 1.807) is 6.07 Å². The fourth-order valence-electron chi connectivity index (χ4n) is 3.52. The molecular weight excluding hydrogens is 461 g/mol. The minimum atomic E-state index is -4.88. The normalized spacial score (nSPS) is 11.1. The molecule has 182 valence electrons. The van der Waals surface area contributed by atoms with Gasteiger partial charge in [-0.15, -0.1) is 0 Å². The lowest BCUT2D eigenvalue weighted by Gasteiger charge is -2.25. The summed E-state index contributed by atoms with van der Waals surface area (Å²) in [6, 6.07) is 6.01. The summed E-state index contributed by atoms with van der Waals surface area (Å²) in [6.07, 6.45) is 0.398. The number of carbonyl (C=O) groups is 1. The lowest BCUT2D eigenvalue weighted by atomic mass is 10.0. The molecule has 1 amide bonds. The van der Waals surface area contributed by atoms with Crippen molar-refractivity contribution in [1.82, 2.24) is 19.9 Å². The quantitative estimate of drug-likeness (QED) is 0.484. The molecule has 3 aromatic rings. The molecule has 0 aliphatic heterocycles. The highest BCUT2D eigenvalue weighted by Gasteiger charge is 2.38. The van der Waals surface area contributed by atoms with Gasteiger partial charge in [-0.2, -0.15) is 18.4 Å². The van der Waals surface area contributed by atoms with Crippen molar-refractivity contribution in [2.45, 2.75) is 32.9 Å². The Morgan fingerprint density at radius 3 is 2.49 bits per heavy atom. The van der Waals surface area contributed by atoms with Gasteiger partial charge < -0.3 is 16.0 Å². The molecule has 9 nitrogen and oxygen atoms in total. The minimum absolute atomic E-state index is 0.256. The predicted molar refractivity (Wildman–Crippen MR) is 124 cm³/mol. The van der Waals surface area contributed by atoms with Crippen LogP contribution in [0, 0.1) is 11.3 Å². The molecule has 0 saturated carbocycles. The molecule has 0 unspecified atom stereocenters. The summed E-state index contributed by atoms with van der Waals surface area (Å²) in [5.74, 6) is -0.825. The number of alkyl halides is 3. The first kappa shape index (κ1) is 25.4. The van der Waals surface area contributed by atoms with E-state index >= 15 is 0 Å². The fourth-order valence-corrected chi connectivity index (χ4v) is 3.52. The van der Waals surface area contributed by atoms with Crippen molar-refractivity contribution in [1.29, 1.82) is 5.26 Å².